The van der Waals surface area contributed by atoms with E-state index in [1.807, 2.05) is 61.2 Å². The van der Waals surface area contributed by atoms with Crippen LogP contribution < -0.4 is 0 Å². The minimum atomic E-state index is 0.0163. The Kier molecular flexibility index (Phi) is 5.18. The van der Waals surface area contributed by atoms with Crippen molar-refractivity contribution in [3.05, 3.63) is 66.4 Å². The lowest BCUT2D eigenvalue weighted by Crippen LogP contribution is -2.37. The molecule has 1 amide bonds. The maximum atomic E-state index is 12.7. The number of hydrogen-bond donors (Lipinski definition) is 1. The highest BCUT2D eigenvalue weighted by molar-refractivity contribution is 5.78. The molecule has 0 saturated heterocycles. The maximum Gasteiger partial charge on any atom is 0.230 e. The fourth-order valence-electron chi connectivity index (χ4n) is 2.73. The Hall–Kier alpha value is -3.02. The minimum absolute atomic E-state index is 0.0163. The topological polar surface area (TPSA) is 74.8 Å². The van der Waals surface area contributed by atoms with Crippen LogP contribution in [0.25, 0.3) is 11.3 Å². The van der Waals surface area contributed by atoms with Crippen molar-refractivity contribution in [2.45, 2.75) is 32.9 Å². The van der Waals surface area contributed by atoms with Gasteiger partial charge < -0.3 is 4.90 Å². The highest BCUT2D eigenvalue weighted by atomic mass is 16.2. The third-order valence-electron chi connectivity index (χ3n) is 4.03. The van der Waals surface area contributed by atoms with Crippen LogP contribution in [0.2, 0.25) is 0 Å². The SMILES string of the molecule is CC(C)N(Cc1ccccc1-c1ccccn1)C(=O)Cc1ncn[nH]1. The van der Waals surface area contributed by atoms with Crippen molar-refractivity contribution < 1.29 is 4.79 Å². The second kappa shape index (κ2) is 7.70. The van der Waals surface area contributed by atoms with E-state index in [1.165, 1.54) is 6.33 Å². The lowest BCUT2D eigenvalue weighted by molar-refractivity contribution is -0.132. The summed E-state index contributed by atoms with van der Waals surface area (Å²) in [4.78, 5) is 23.1. The molecule has 3 aromatic rings. The van der Waals surface area contributed by atoms with Crippen LogP contribution in [0.1, 0.15) is 25.2 Å². The van der Waals surface area contributed by atoms with Gasteiger partial charge in [-0.15, -0.1) is 0 Å². The molecule has 2 aromatic heterocycles. The standard InChI is InChI=1S/C19H21N5O/c1-14(2)24(19(25)11-18-21-13-22-23-18)12-15-7-3-4-8-16(15)17-9-5-6-10-20-17/h3-10,13-14H,11-12H2,1-2H3,(H,21,22,23). The van der Waals surface area contributed by atoms with E-state index in [9.17, 15) is 4.79 Å². The zero-order valence-electron chi connectivity index (χ0n) is 14.4. The quantitative estimate of drug-likeness (QED) is 0.751. The first-order chi connectivity index (χ1) is 12.1. The van der Waals surface area contributed by atoms with E-state index in [1.54, 1.807) is 6.20 Å². The van der Waals surface area contributed by atoms with Gasteiger partial charge in [0.1, 0.15) is 12.2 Å². The highest BCUT2D eigenvalue weighted by Gasteiger charge is 2.20. The summed E-state index contributed by atoms with van der Waals surface area (Å²) < 4.78 is 0. The Bertz CT molecular complexity index is 815. The van der Waals surface area contributed by atoms with Gasteiger partial charge in [-0.1, -0.05) is 30.3 Å². The summed E-state index contributed by atoms with van der Waals surface area (Å²) >= 11 is 0. The molecule has 0 atom stereocenters. The van der Waals surface area contributed by atoms with Crippen LogP contribution in [-0.2, 0) is 17.8 Å². The minimum Gasteiger partial charge on any atom is -0.336 e. The largest absolute Gasteiger partial charge is 0.336 e. The van der Waals surface area contributed by atoms with Gasteiger partial charge in [0, 0.05) is 24.3 Å². The predicted octanol–water partition coefficient (Wildman–Crippen LogP) is 2.85. The van der Waals surface area contributed by atoms with E-state index in [4.69, 9.17) is 0 Å². The van der Waals surface area contributed by atoms with Crippen molar-refractivity contribution in [2.24, 2.45) is 0 Å². The summed E-state index contributed by atoms with van der Waals surface area (Å²) in [7, 11) is 0. The van der Waals surface area contributed by atoms with Crippen LogP contribution >= 0.6 is 0 Å². The molecule has 1 N–H and O–H groups in total. The van der Waals surface area contributed by atoms with E-state index >= 15 is 0 Å². The molecule has 128 valence electrons. The maximum absolute atomic E-state index is 12.7. The van der Waals surface area contributed by atoms with Gasteiger partial charge in [-0.2, -0.15) is 5.10 Å². The van der Waals surface area contributed by atoms with E-state index in [0.29, 0.717) is 12.4 Å². The number of aromatic amines is 1. The molecular weight excluding hydrogens is 314 g/mol. The van der Waals surface area contributed by atoms with E-state index in [-0.39, 0.29) is 18.4 Å². The number of amides is 1. The average Bonchev–Trinajstić information content (AvgIpc) is 3.13. The summed E-state index contributed by atoms with van der Waals surface area (Å²) in [5, 5.41) is 6.55. The van der Waals surface area contributed by atoms with Crippen LogP contribution in [0, 0.1) is 0 Å². The number of benzene rings is 1. The summed E-state index contributed by atoms with van der Waals surface area (Å²) in [6.07, 6.45) is 3.41. The van der Waals surface area contributed by atoms with Crippen molar-refractivity contribution in [3.63, 3.8) is 0 Å². The predicted molar refractivity (Wildman–Crippen MR) is 95.4 cm³/mol. The van der Waals surface area contributed by atoms with Crippen molar-refractivity contribution >= 4 is 5.91 Å². The van der Waals surface area contributed by atoms with Crippen LogP contribution in [-0.4, -0.2) is 37.0 Å². The summed E-state index contributed by atoms with van der Waals surface area (Å²) in [6.45, 7) is 4.56. The van der Waals surface area contributed by atoms with Gasteiger partial charge >= 0.3 is 0 Å². The lowest BCUT2D eigenvalue weighted by Gasteiger charge is -2.27. The molecule has 2 heterocycles. The highest BCUT2D eigenvalue weighted by Crippen LogP contribution is 2.23. The van der Waals surface area contributed by atoms with E-state index in [0.717, 1.165) is 16.8 Å². The summed E-state index contributed by atoms with van der Waals surface area (Å²) in [6, 6.07) is 14.0. The van der Waals surface area contributed by atoms with Gasteiger partial charge in [-0.05, 0) is 31.5 Å². The van der Waals surface area contributed by atoms with E-state index < -0.39 is 0 Å². The molecule has 0 radical (unpaired) electrons. The molecule has 0 bridgehead atoms. The number of aromatic nitrogens is 4. The number of pyridine rings is 1. The molecule has 0 spiro atoms. The molecule has 6 heteroatoms. The Morgan fingerprint density at radius 3 is 2.60 bits per heavy atom. The van der Waals surface area contributed by atoms with Gasteiger partial charge in [0.15, 0.2) is 0 Å². The normalized spacial score (nSPS) is 10.8. The van der Waals surface area contributed by atoms with Crippen molar-refractivity contribution in [1.29, 1.82) is 0 Å². The van der Waals surface area contributed by atoms with Gasteiger partial charge in [0.25, 0.3) is 0 Å². The Balaban J connectivity index is 1.85. The molecular formula is C19H21N5O. The number of carbonyl (C=O) groups is 1. The number of H-pyrrole nitrogens is 1. The summed E-state index contributed by atoms with van der Waals surface area (Å²) in [5.41, 5.74) is 3.02. The van der Waals surface area contributed by atoms with E-state index in [2.05, 4.69) is 20.2 Å². The molecule has 3 rings (SSSR count). The zero-order valence-corrected chi connectivity index (χ0v) is 14.4. The van der Waals surface area contributed by atoms with Crippen LogP contribution in [0.5, 0.6) is 0 Å². The van der Waals surface area contributed by atoms with Crippen LogP contribution in [0.15, 0.2) is 55.0 Å². The number of nitrogens with zero attached hydrogens (tertiary/aromatic N) is 4. The number of rotatable bonds is 6. The van der Waals surface area contributed by atoms with Gasteiger partial charge in [0.05, 0.1) is 12.1 Å². The fourth-order valence-corrected chi connectivity index (χ4v) is 2.73. The molecule has 0 unspecified atom stereocenters. The van der Waals surface area contributed by atoms with Crippen LogP contribution in [0.4, 0.5) is 0 Å². The first-order valence-electron chi connectivity index (χ1n) is 8.28. The Morgan fingerprint density at radius 1 is 1.12 bits per heavy atom. The monoisotopic (exact) mass is 335 g/mol. The molecule has 0 aliphatic heterocycles. The first-order valence-corrected chi connectivity index (χ1v) is 8.28. The first kappa shape index (κ1) is 16.8. The number of nitrogens with one attached hydrogen (secondary N) is 1. The second-order valence-corrected chi connectivity index (χ2v) is 6.10. The molecule has 0 saturated carbocycles. The molecule has 1 aromatic carbocycles. The number of hydrogen-bond acceptors (Lipinski definition) is 4. The Labute approximate surface area is 146 Å². The average molecular weight is 335 g/mol. The van der Waals surface area contributed by atoms with Gasteiger partial charge in [0.2, 0.25) is 5.91 Å². The molecule has 25 heavy (non-hydrogen) atoms. The molecule has 6 nitrogen and oxygen atoms in total. The molecule has 0 aliphatic rings. The van der Waals surface area contributed by atoms with Crippen molar-refractivity contribution in [2.75, 3.05) is 0 Å². The van der Waals surface area contributed by atoms with Gasteiger partial charge in [-0.3, -0.25) is 14.9 Å². The second-order valence-electron chi connectivity index (χ2n) is 6.10. The Morgan fingerprint density at radius 2 is 1.92 bits per heavy atom. The van der Waals surface area contributed by atoms with Crippen LogP contribution in [0.3, 0.4) is 0 Å². The fraction of sp³-hybridized carbons (Fsp3) is 0.263. The van der Waals surface area contributed by atoms with Crippen molar-refractivity contribution in [1.82, 2.24) is 25.1 Å². The van der Waals surface area contributed by atoms with Gasteiger partial charge in [-0.25, -0.2) is 4.98 Å². The molecule has 0 aliphatic carbocycles. The van der Waals surface area contributed by atoms with Crippen molar-refractivity contribution in [3.8, 4) is 11.3 Å². The molecule has 0 fully saturated rings. The lowest BCUT2D eigenvalue weighted by atomic mass is 10.0. The zero-order chi connectivity index (χ0) is 17.6. The number of carbonyl (C=O) groups excluding carboxylic acids is 1. The smallest absolute Gasteiger partial charge is 0.230 e. The summed E-state index contributed by atoms with van der Waals surface area (Å²) in [5.74, 6) is 0.594. The third kappa shape index (κ3) is 4.09. The third-order valence-corrected chi connectivity index (χ3v) is 4.03.